The van der Waals surface area contributed by atoms with Crippen molar-refractivity contribution in [2.24, 2.45) is 4.99 Å². The highest BCUT2D eigenvalue weighted by molar-refractivity contribution is 5.66. The molecule has 0 amide bonds. The quantitative estimate of drug-likeness (QED) is 0.541. The smallest absolute Gasteiger partial charge is 0.387 e. The molecule has 7 nitrogen and oxygen atoms in total. The van der Waals surface area contributed by atoms with E-state index < -0.39 is 12.4 Å². The van der Waals surface area contributed by atoms with Gasteiger partial charge in [-0.25, -0.2) is 14.4 Å². The second kappa shape index (κ2) is 10.4. The Hall–Kier alpha value is -3.14. The van der Waals surface area contributed by atoms with Gasteiger partial charge >= 0.3 is 6.61 Å². The fraction of sp³-hybridized carbons (Fsp3) is 0.458. The molecule has 0 bridgehead atoms. The van der Waals surface area contributed by atoms with Crippen LogP contribution in [0, 0.1) is 12.7 Å². The number of benzene rings is 1. The number of allylic oxidation sites excluding steroid dienone is 1. The first kappa shape index (κ1) is 24.0. The number of nitrogens with one attached hydrogen (secondary N) is 1. The lowest BCUT2D eigenvalue weighted by atomic mass is 10.1. The number of aryl methyl sites for hydroxylation is 1. The van der Waals surface area contributed by atoms with Gasteiger partial charge < -0.3 is 15.0 Å². The largest absolute Gasteiger partial charge is 0.435 e. The molecule has 2 heterocycles. The molecule has 1 saturated heterocycles. The number of hydrogen-bond acceptors (Lipinski definition) is 7. The van der Waals surface area contributed by atoms with Gasteiger partial charge in [0.2, 0.25) is 0 Å². The molecule has 0 spiro atoms. The first-order chi connectivity index (χ1) is 16.3. The summed E-state index contributed by atoms with van der Waals surface area (Å²) in [6.07, 6.45) is 4.13. The Morgan fingerprint density at radius 2 is 2.00 bits per heavy atom. The molecule has 34 heavy (non-hydrogen) atoms. The maximum absolute atomic E-state index is 14.4. The molecule has 2 aromatic rings. The highest BCUT2D eigenvalue weighted by Gasteiger charge is 2.27. The number of aromatic nitrogens is 2. The number of rotatable bonds is 9. The van der Waals surface area contributed by atoms with Gasteiger partial charge in [-0.3, -0.25) is 9.89 Å². The molecule has 1 saturated carbocycles. The number of alkyl halides is 2. The van der Waals surface area contributed by atoms with Gasteiger partial charge in [0.1, 0.15) is 11.6 Å². The van der Waals surface area contributed by atoms with E-state index in [4.69, 9.17) is 9.97 Å². The molecule has 1 aliphatic heterocycles. The van der Waals surface area contributed by atoms with Crippen molar-refractivity contribution in [3.05, 3.63) is 46.7 Å². The molecule has 1 aromatic carbocycles. The van der Waals surface area contributed by atoms with Crippen molar-refractivity contribution in [1.29, 1.82) is 0 Å². The average molecular weight is 475 g/mol. The minimum absolute atomic E-state index is 0.179. The van der Waals surface area contributed by atoms with Gasteiger partial charge in [-0.05, 0) is 45.5 Å². The number of piperazine rings is 1. The third kappa shape index (κ3) is 6.05. The fourth-order valence-corrected chi connectivity index (χ4v) is 3.83. The van der Waals surface area contributed by atoms with Gasteiger partial charge in [0.15, 0.2) is 11.6 Å². The van der Waals surface area contributed by atoms with Crippen LogP contribution in [0.3, 0.4) is 0 Å². The highest BCUT2D eigenvalue weighted by atomic mass is 19.3. The molecule has 4 rings (SSSR count). The summed E-state index contributed by atoms with van der Waals surface area (Å²) in [4.78, 5) is 18.0. The van der Waals surface area contributed by atoms with Crippen molar-refractivity contribution < 1.29 is 17.9 Å². The van der Waals surface area contributed by atoms with Crippen molar-refractivity contribution in [1.82, 2.24) is 14.9 Å². The number of halogens is 3. The summed E-state index contributed by atoms with van der Waals surface area (Å²) in [6.45, 7) is 7.58. The van der Waals surface area contributed by atoms with Gasteiger partial charge in [-0.1, -0.05) is 6.07 Å². The first-order valence-corrected chi connectivity index (χ1v) is 11.3. The fourth-order valence-electron chi connectivity index (χ4n) is 3.83. The molecule has 1 aliphatic carbocycles. The number of hydrogen-bond donors (Lipinski definition) is 1. The van der Waals surface area contributed by atoms with Crippen molar-refractivity contribution in [2.45, 2.75) is 45.9 Å². The molecule has 0 unspecified atom stereocenters. The minimum Gasteiger partial charge on any atom is -0.435 e. The van der Waals surface area contributed by atoms with Crippen LogP contribution < -0.4 is 15.0 Å². The van der Waals surface area contributed by atoms with Crippen molar-refractivity contribution in [2.75, 3.05) is 36.4 Å². The van der Waals surface area contributed by atoms with Gasteiger partial charge in [-0.2, -0.15) is 8.78 Å². The summed E-state index contributed by atoms with van der Waals surface area (Å²) in [5.74, 6) is 0.861. The zero-order valence-electron chi connectivity index (χ0n) is 19.4. The van der Waals surface area contributed by atoms with E-state index in [1.54, 1.807) is 0 Å². The van der Waals surface area contributed by atoms with Crippen LogP contribution in [-0.2, 0) is 6.54 Å². The van der Waals surface area contributed by atoms with E-state index in [1.807, 2.05) is 19.9 Å². The predicted molar refractivity (Wildman–Crippen MR) is 127 cm³/mol. The Kier molecular flexibility index (Phi) is 7.35. The Bertz CT molecular complexity index is 1060. The standard InChI is InChI=1S/C24H29F3N6O/c1-15(28-3)12-21-16(2)29-22(30-18-5-6-18)23(31-21)33-10-8-32(9-11-33)14-17-4-7-19(13-20(17)25)34-24(26)27/h4,7,12-13,18,24H,3,5-6,8-11,14H2,1-2H3,(H,29,30)/b15-12-. The molecule has 2 aliphatic rings. The van der Waals surface area contributed by atoms with Crippen LogP contribution >= 0.6 is 0 Å². The van der Waals surface area contributed by atoms with Gasteiger partial charge in [0.05, 0.1) is 11.4 Å². The molecule has 2 fully saturated rings. The number of aliphatic imine (C=N–C) groups is 1. The zero-order valence-corrected chi connectivity index (χ0v) is 19.4. The molecule has 0 radical (unpaired) electrons. The van der Waals surface area contributed by atoms with Crippen LogP contribution in [0.4, 0.5) is 24.8 Å². The molecule has 0 atom stereocenters. The SMILES string of the molecule is C=N/C(C)=C\c1nc(N2CCN(Cc3ccc(OC(F)F)cc3F)CC2)c(NC2CC2)nc1C. The van der Waals surface area contributed by atoms with Crippen molar-refractivity contribution in [3.8, 4) is 5.75 Å². The summed E-state index contributed by atoms with van der Waals surface area (Å²) in [5, 5.41) is 3.49. The summed E-state index contributed by atoms with van der Waals surface area (Å²) in [6, 6.07) is 4.31. The summed E-state index contributed by atoms with van der Waals surface area (Å²) in [7, 11) is 0. The Morgan fingerprint density at radius 3 is 2.62 bits per heavy atom. The van der Waals surface area contributed by atoms with E-state index in [2.05, 4.69) is 31.6 Å². The Morgan fingerprint density at radius 1 is 1.26 bits per heavy atom. The van der Waals surface area contributed by atoms with Crippen molar-refractivity contribution in [3.63, 3.8) is 0 Å². The molecule has 1 aromatic heterocycles. The summed E-state index contributed by atoms with van der Waals surface area (Å²) in [5.41, 5.74) is 2.80. The Labute approximate surface area is 197 Å². The third-order valence-electron chi connectivity index (χ3n) is 5.92. The molecule has 10 heteroatoms. The lowest BCUT2D eigenvalue weighted by molar-refractivity contribution is -0.0500. The molecular formula is C24H29F3N6O. The number of anilines is 2. The van der Waals surface area contributed by atoms with Crippen LogP contribution in [0.25, 0.3) is 6.08 Å². The van der Waals surface area contributed by atoms with E-state index in [0.29, 0.717) is 44.3 Å². The summed E-state index contributed by atoms with van der Waals surface area (Å²) < 4.78 is 43.4. The number of nitrogens with zero attached hydrogens (tertiary/aromatic N) is 5. The second-order valence-electron chi connectivity index (χ2n) is 8.62. The van der Waals surface area contributed by atoms with Crippen LogP contribution in [0.15, 0.2) is 28.9 Å². The van der Waals surface area contributed by atoms with Crippen LogP contribution in [0.1, 0.15) is 36.7 Å². The lowest BCUT2D eigenvalue weighted by Crippen LogP contribution is -2.46. The van der Waals surface area contributed by atoms with Gasteiger partial charge in [0, 0.05) is 56.1 Å². The predicted octanol–water partition coefficient (Wildman–Crippen LogP) is 4.48. The van der Waals surface area contributed by atoms with E-state index >= 15 is 0 Å². The van der Waals surface area contributed by atoms with E-state index in [0.717, 1.165) is 47.6 Å². The van der Waals surface area contributed by atoms with Crippen molar-refractivity contribution >= 4 is 24.4 Å². The maximum atomic E-state index is 14.4. The van der Waals surface area contributed by atoms with Crippen LogP contribution in [-0.4, -0.2) is 60.4 Å². The first-order valence-electron chi connectivity index (χ1n) is 11.3. The maximum Gasteiger partial charge on any atom is 0.387 e. The number of ether oxygens (including phenoxy) is 1. The average Bonchev–Trinajstić information content (AvgIpc) is 3.61. The van der Waals surface area contributed by atoms with Gasteiger partial charge in [-0.15, -0.1) is 0 Å². The Balaban J connectivity index is 1.46. The third-order valence-corrected chi connectivity index (χ3v) is 5.92. The normalized spacial score (nSPS) is 17.2. The summed E-state index contributed by atoms with van der Waals surface area (Å²) >= 11 is 0. The van der Waals surface area contributed by atoms with Crippen LogP contribution in [0.2, 0.25) is 0 Å². The zero-order chi connectivity index (χ0) is 24.2. The topological polar surface area (TPSA) is 65.9 Å². The van der Waals surface area contributed by atoms with E-state index in [1.165, 1.54) is 12.1 Å². The molecule has 182 valence electrons. The lowest BCUT2D eigenvalue weighted by Gasteiger charge is -2.36. The second-order valence-corrected chi connectivity index (χ2v) is 8.62. The highest BCUT2D eigenvalue weighted by Crippen LogP contribution is 2.31. The van der Waals surface area contributed by atoms with Gasteiger partial charge in [0.25, 0.3) is 0 Å². The monoisotopic (exact) mass is 474 g/mol. The molecule has 1 N–H and O–H groups in total. The molecular weight excluding hydrogens is 445 g/mol. The minimum atomic E-state index is -2.98. The van der Waals surface area contributed by atoms with Crippen LogP contribution in [0.5, 0.6) is 5.75 Å². The van der Waals surface area contributed by atoms with E-state index in [9.17, 15) is 13.2 Å². The van der Waals surface area contributed by atoms with E-state index in [-0.39, 0.29) is 5.75 Å².